The van der Waals surface area contributed by atoms with Gasteiger partial charge in [-0.3, -0.25) is 0 Å². The molecule has 1 N–H and O–H groups in total. The van der Waals surface area contributed by atoms with Crippen molar-refractivity contribution in [2.45, 2.75) is 39.7 Å². The first kappa shape index (κ1) is 12.7. The van der Waals surface area contributed by atoms with Gasteiger partial charge in [-0.2, -0.15) is 0 Å². The molecule has 0 amide bonds. The van der Waals surface area contributed by atoms with Gasteiger partial charge in [-0.1, -0.05) is 60.3 Å². The smallest absolute Gasteiger partial charge is 0.0828 e. The Bertz CT molecular complexity index is 318. The monoisotopic (exact) mass is 270 g/mol. The van der Waals surface area contributed by atoms with Gasteiger partial charge in [-0.25, -0.2) is 0 Å². The first-order valence-corrected chi connectivity index (χ1v) is 6.33. The van der Waals surface area contributed by atoms with Crippen molar-refractivity contribution in [2.75, 3.05) is 0 Å². The Morgan fingerprint density at radius 1 is 1.27 bits per heavy atom. The lowest BCUT2D eigenvalue weighted by Crippen LogP contribution is -2.11. The molecule has 1 atom stereocenters. The zero-order valence-electron chi connectivity index (χ0n) is 9.63. The van der Waals surface area contributed by atoms with Crippen LogP contribution >= 0.6 is 15.9 Å². The van der Waals surface area contributed by atoms with E-state index in [4.69, 9.17) is 0 Å². The Labute approximate surface area is 101 Å². The summed E-state index contributed by atoms with van der Waals surface area (Å²) >= 11 is 3.50. The molecule has 0 bridgehead atoms. The first-order chi connectivity index (χ1) is 7.10. The fourth-order valence-electron chi connectivity index (χ4n) is 1.88. The van der Waals surface area contributed by atoms with Gasteiger partial charge in [0.05, 0.1) is 6.10 Å². The van der Waals surface area contributed by atoms with Crippen molar-refractivity contribution in [3.8, 4) is 0 Å². The van der Waals surface area contributed by atoms with Crippen molar-refractivity contribution in [1.29, 1.82) is 0 Å². The van der Waals surface area contributed by atoms with Crippen LogP contribution in [0.4, 0.5) is 0 Å². The number of hydrogen-bond donors (Lipinski definition) is 1. The molecule has 84 valence electrons. The average molecular weight is 271 g/mol. The highest BCUT2D eigenvalue weighted by Gasteiger charge is 2.19. The van der Waals surface area contributed by atoms with Crippen LogP contribution in [-0.2, 0) is 0 Å². The molecule has 1 aromatic carbocycles. The van der Waals surface area contributed by atoms with Crippen LogP contribution in [-0.4, -0.2) is 5.11 Å². The number of hydrogen-bond acceptors (Lipinski definition) is 1. The normalized spacial score (nSPS) is 13.2. The fourth-order valence-corrected chi connectivity index (χ4v) is 2.36. The molecular formula is C13H19BrO. The van der Waals surface area contributed by atoms with Crippen LogP contribution in [0.15, 0.2) is 22.7 Å². The Hall–Kier alpha value is -0.340. The predicted octanol–water partition coefficient (Wildman–Crippen LogP) is 4.23. The lowest BCUT2D eigenvalue weighted by molar-refractivity contribution is 0.102. The second-order valence-corrected chi connectivity index (χ2v) is 4.90. The highest BCUT2D eigenvalue weighted by atomic mass is 79.9. The van der Waals surface area contributed by atoms with Crippen molar-refractivity contribution < 1.29 is 5.11 Å². The topological polar surface area (TPSA) is 20.2 Å². The fraction of sp³-hybridized carbons (Fsp3) is 0.538. The number of rotatable bonds is 4. The first-order valence-electron chi connectivity index (χ1n) is 5.54. The van der Waals surface area contributed by atoms with Gasteiger partial charge < -0.3 is 5.11 Å². The number of aliphatic hydroxyl groups excluding tert-OH is 1. The van der Waals surface area contributed by atoms with Crippen LogP contribution in [0, 0.1) is 12.8 Å². The second kappa shape index (κ2) is 5.66. The minimum absolute atomic E-state index is 0.350. The molecule has 2 heteroatoms. The van der Waals surface area contributed by atoms with Gasteiger partial charge in [0, 0.05) is 4.47 Å². The number of benzene rings is 1. The summed E-state index contributed by atoms with van der Waals surface area (Å²) in [6.45, 7) is 6.30. The molecule has 0 spiro atoms. The summed E-state index contributed by atoms with van der Waals surface area (Å²) in [5.41, 5.74) is 2.21. The molecule has 0 aliphatic carbocycles. The molecule has 0 aromatic heterocycles. The number of aryl methyl sites for hydroxylation is 1. The molecule has 15 heavy (non-hydrogen) atoms. The van der Waals surface area contributed by atoms with E-state index in [0.717, 1.165) is 22.9 Å². The van der Waals surface area contributed by atoms with Crippen LogP contribution in [0.5, 0.6) is 0 Å². The van der Waals surface area contributed by atoms with Crippen molar-refractivity contribution in [2.24, 2.45) is 5.92 Å². The molecular weight excluding hydrogens is 252 g/mol. The zero-order chi connectivity index (χ0) is 11.4. The van der Waals surface area contributed by atoms with Crippen LogP contribution < -0.4 is 0 Å². The van der Waals surface area contributed by atoms with Crippen LogP contribution in [0.2, 0.25) is 0 Å². The molecule has 0 saturated carbocycles. The van der Waals surface area contributed by atoms with Crippen LogP contribution in [0.3, 0.4) is 0 Å². The molecule has 0 fully saturated rings. The summed E-state index contributed by atoms with van der Waals surface area (Å²) in [5, 5.41) is 10.3. The third-order valence-corrected chi connectivity index (χ3v) is 3.69. The summed E-state index contributed by atoms with van der Waals surface area (Å²) in [6, 6.07) is 6.12. The molecule has 1 rings (SSSR count). The van der Waals surface area contributed by atoms with Gasteiger partial charge in [-0.05, 0) is 24.5 Å². The lowest BCUT2D eigenvalue weighted by Gasteiger charge is -2.21. The maximum absolute atomic E-state index is 10.3. The molecule has 0 radical (unpaired) electrons. The van der Waals surface area contributed by atoms with Crippen molar-refractivity contribution >= 4 is 15.9 Å². The standard InChI is InChI=1S/C13H19BrO/c1-4-10(5-2)13(15)11-8-9(3)6-7-12(11)14/h6-8,10,13,15H,4-5H2,1-3H3. The Kier molecular flexibility index (Phi) is 4.81. The summed E-state index contributed by atoms with van der Waals surface area (Å²) in [4.78, 5) is 0. The quantitative estimate of drug-likeness (QED) is 0.869. The van der Waals surface area contributed by atoms with Crippen molar-refractivity contribution in [3.63, 3.8) is 0 Å². The van der Waals surface area contributed by atoms with E-state index in [2.05, 4.69) is 42.8 Å². The van der Waals surface area contributed by atoms with E-state index in [1.165, 1.54) is 5.56 Å². The Balaban J connectivity index is 2.98. The molecule has 1 unspecified atom stereocenters. The number of aliphatic hydroxyl groups is 1. The summed E-state index contributed by atoms with van der Waals surface area (Å²) in [7, 11) is 0. The van der Waals surface area contributed by atoms with Gasteiger partial charge in [-0.15, -0.1) is 0 Å². The van der Waals surface area contributed by atoms with E-state index in [1.807, 2.05) is 12.1 Å². The third kappa shape index (κ3) is 3.05. The number of halogens is 1. The largest absolute Gasteiger partial charge is 0.388 e. The van der Waals surface area contributed by atoms with E-state index in [-0.39, 0.29) is 6.10 Å². The zero-order valence-corrected chi connectivity index (χ0v) is 11.2. The maximum Gasteiger partial charge on any atom is 0.0828 e. The van der Waals surface area contributed by atoms with E-state index in [1.54, 1.807) is 0 Å². The summed E-state index contributed by atoms with van der Waals surface area (Å²) in [5.74, 6) is 0.350. The predicted molar refractivity (Wildman–Crippen MR) is 67.9 cm³/mol. The van der Waals surface area contributed by atoms with E-state index >= 15 is 0 Å². The second-order valence-electron chi connectivity index (χ2n) is 4.05. The van der Waals surface area contributed by atoms with Gasteiger partial charge in [0.1, 0.15) is 0 Å². The molecule has 1 nitrogen and oxygen atoms in total. The van der Waals surface area contributed by atoms with Crippen LogP contribution in [0.1, 0.15) is 43.9 Å². The average Bonchev–Trinajstić information content (AvgIpc) is 2.23. The molecule has 1 aromatic rings. The molecule has 0 saturated heterocycles. The van der Waals surface area contributed by atoms with Crippen molar-refractivity contribution in [3.05, 3.63) is 33.8 Å². The molecule has 0 aliphatic rings. The maximum atomic E-state index is 10.3. The molecule has 0 aliphatic heterocycles. The summed E-state index contributed by atoms with van der Waals surface area (Å²) in [6.07, 6.45) is 1.67. The van der Waals surface area contributed by atoms with Crippen molar-refractivity contribution in [1.82, 2.24) is 0 Å². The third-order valence-electron chi connectivity index (χ3n) is 2.97. The Morgan fingerprint density at radius 3 is 2.40 bits per heavy atom. The minimum Gasteiger partial charge on any atom is -0.388 e. The highest BCUT2D eigenvalue weighted by molar-refractivity contribution is 9.10. The highest BCUT2D eigenvalue weighted by Crippen LogP contribution is 2.32. The van der Waals surface area contributed by atoms with E-state index in [9.17, 15) is 5.11 Å². The SMILES string of the molecule is CCC(CC)C(O)c1cc(C)ccc1Br. The lowest BCUT2D eigenvalue weighted by atomic mass is 9.91. The minimum atomic E-state index is -0.353. The molecule has 0 heterocycles. The van der Waals surface area contributed by atoms with Gasteiger partial charge in [0.25, 0.3) is 0 Å². The van der Waals surface area contributed by atoms with Gasteiger partial charge >= 0.3 is 0 Å². The van der Waals surface area contributed by atoms with E-state index in [0.29, 0.717) is 5.92 Å². The van der Waals surface area contributed by atoms with Crippen LogP contribution in [0.25, 0.3) is 0 Å². The summed E-state index contributed by atoms with van der Waals surface area (Å²) < 4.78 is 1.01. The van der Waals surface area contributed by atoms with E-state index < -0.39 is 0 Å². The van der Waals surface area contributed by atoms with Gasteiger partial charge in [0.2, 0.25) is 0 Å². The Morgan fingerprint density at radius 2 is 1.87 bits per heavy atom. The van der Waals surface area contributed by atoms with Gasteiger partial charge in [0.15, 0.2) is 0 Å².